The lowest BCUT2D eigenvalue weighted by Crippen LogP contribution is -2.44. The van der Waals surface area contributed by atoms with E-state index in [1.165, 1.54) is 5.56 Å². The van der Waals surface area contributed by atoms with Crippen molar-refractivity contribution >= 4 is 29.9 Å². The van der Waals surface area contributed by atoms with Gasteiger partial charge in [-0.1, -0.05) is 24.3 Å². The minimum absolute atomic E-state index is 0. The predicted octanol–water partition coefficient (Wildman–Crippen LogP) is 3.11. The summed E-state index contributed by atoms with van der Waals surface area (Å²) in [6, 6.07) is 13.7. The first-order chi connectivity index (χ1) is 13.6. The van der Waals surface area contributed by atoms with Gasteiger partial charge in [0.2, 0.25) is 0 Å². The maximum atomic E-state index is 10.6. The molecule has 29 heavy (non-hydrogen) atoms. The van der Waals surface area contributed by atoms with Crippen LogP contribution in [0.5, 0.6) is 0 Å². The van der Waals surface area contributed by atoms with Gasteiger partial charge < -0.3 is 20.2 Å². The predicted molar refractivity (Wildman–Crippen MR) is 124 cm³/mol. The van der Waals surface area contributed by atoms with E-state index in [2.05, 4.69) is 38.9 Å². The number of nitrogens with zero attached hydrogens (tertiary/aromatic N) is 3. The van der Waals surface area contributed by atoms with Gasteiger partial charge in [0, 0.05) is 18.9 Å². The van der Waals surface area contributed by atoms with Crippen LogP contribution >= 0.6 is 24.0 Å². The smallest absolute Gasteiger partial charge is 0.191 e. The summed E-state index contributed by atoms with van der Waals surface area (Å²) in [4.78, 5) is 4.64. The van der Waals surface area contributed by atoms with Crippen LogP contribution in [0.15, 0.2) is 70.5 Å². The van der Waals surface area contributed by atoms with Gasteiger partial charge in [0.05, 0.1) is 25.9 Å². The Balaban J connectivity index is 0.00000300. The van der Waals surface area contributed by atoms with E-state index in [0.717, 1.165) is 18.7 Å². The highest BCUT2D eigenvalue weighted by Gasteiger charge is 2.26. The Morgan fingerprint density at radius 2 is 2.03 bits per heavy atom. The molecule has 0 saturated carbocycles. The molecule has 0 fully saturated rings. The molecule has 3 N–H and O–H groups in total. The lowest BCUT2D eigenvalue weighted by atomic mass is 10.0. The average Bonchev–Trinajstić information content (AvgIpc) is 3.39. The van der Waals surface area contributed by atoms with Crippen molar-refractivity contribution in [2.45, 2.75) is 32.5 Å². The largest absolute Gasteiger partial charge is 0.466 e. The molecule has 3 aromatic rings. The summed E-state index contributed by atoms with van der Waals surface area (Å²) in [6.45, 7) is 5.99. The fourth-order valence-corrected chi connectivity index (χ4v) is 2.85. The molecule has 3 rings (SSSR count). The van der Waals surface area contributed by atoms with E-state index in [1.807, 2.05) is 29.9 Å². The van der Waals surface area contributed by atoms with Gasteiger partial charge in [-0.2, -0.15) is 5.10 Å². The second-order valence-electron chi connectivity index (χ2n) is 6.82. The molecule has 0 aliphatic rings. The number of aliphatic hydroxyl groups is 1. The Hall–Kier alpha value is -2.33. The van der Waals surface area contributed by atoms with Crippen LogP contribution in [0.25, 0.3) is 0 Å². The van der Waals surface area contributed by atoms with Crippen LogP contribution < -0.4 is 10.6 Å². The van der Waals surface area contributed by atoms with Crippen molar-refractivity contribution < 1.29 is 9.52 Å². The molecule has 0 radical (unpaired) electrons. The number of halogens is 1. The number of aliphatic imine (C=N–C) groups is 1. The first kappa shape index (κ1) is 23.0. The van der Waals surface area contributed by atoms with Crippen LogP contribution in [0.3, 0.4) is 0 Å². The van der Waals surface area contributed by atoms with Crippen molar-refractivity contribution in [1.29, 1.82) is 0 Å². The number of furan rings is 1. The van der Waals surface area contributed by atoms with Crippen LogP contribution in [0.1, 0.15) is 30.7 Å². The molecule has 156 valence electrons. The second-order valence-corrected chi connectivity index (χ2v) is 6.82. The maximum Gasteiger partial charge on any atom is 0.191 e. The molecule has 1 unspecified atom stereocenters. The zero-order valence-corrected chi connectivity index (χ0v) is 19.0. The first-order valence-electron chi connectivity index (χ1n) is 9.40. The molecule has 8 heteroatoms. The fourth-order valence-electron chi connectivity index (χ4n) is 2.85. The Morgan fingerprint density at radius 1 is 1.21 bits per heavy atom. The molecule has 0 aliphatic carbocycles. The number of benzene rings is 1. The second kappa shape index (κ2) is 11.0. The van der Waals surface area contributed by atoms with Crippen molar-refractivity contribution in [2.75, 3.05) is 13.1 Å². The molecule has 0 bridgehead atoms. The molecule has 0 aliphatic heterocycles. The minimum atomic E-state index is -1.12. The summed E-state index contributed by atoms with van der Waals surface area (Å²) >= 11 is 0. The van der Waals surface area contributed by atoms with E-state index in [1.54, 1.807) is 31.5 Å². The van der Waals surface area contributed by atoms with Crippen molar-refractivity contribution in [3.05, 3.63) is 78.0 Å². The minimum Gasteiger partial charge on any atom is -0.466 e. The van der Waals surface area contributed by atoms with Crippen molar-refractivity contribution in [3.8, 4) is 0 Å². The number of guanidine groups is 1. The number of rotatable bonds is 8. The quantitative estimate of drug-likeness (QED) is 0.247. The fraction of sp³-hybridized carbons (Fsp3) is 0.333. The normalized spacial score (nSPS) is 13.4. The highest BCUT2D eigenvalue weighted by Crippen LogP contribution is 2.19. The third-order valence-electron chi connectivity index (χ3n) is 4.31. The van der Waals surface area contributed by atoms with Gasteiger partial charge in [0.15, 0.2) is 5.96 Å². The molecule has 1 atom stereocenters. The standard InChI is InChI=1S/C21H27N5O2.HI/c1-3-22-20(24-16-21(2,27)19-9-5-12-28-19)23-14-17-7-4-8-18(13-17)15-26-11-6-10-25-26;/h4-13,27H,3,14-16H2,1-2H3,(H2,22,23,24);1H. The summed E-state index contributed by atoms with van der Waals surface area (Å²) in [5.41, 5.74) is 1.17. The summed E-state index contributed by atoms with van der Waals surface area (Å²) in [5.74, 6) is 1.16. The molecule has 7 nitrogen and oxygen atoms in total. The Bertz CT molecular complexity index is 876. The summed E-state index contributed by atoms with van der Waals surface area (Å²) < 4.78 is 7.21. The van der Waals surface area contributed by atoms with E-state index in [4.69, 9.17) is 4.42 Å². The molecule has 2 heterocycles. The van der Waals surface area contributed by atoms with Crippen LogP contribution in [-0.2, 0) is 18.7 Å². The van der Waals surface area contributed by atoms with Crippen LogP contribution in [0.4, 0.5) is 0 Å². The molecule has 0 amide bonds. The average molecular weight is 509 g/mol. The Morgan fingerprint density at radius 3 is 2.72 bits per heavy atom. The van der Waals surface area contributed by atoms with Crippen molar-refractivity contribution in [2.24, 2.45) is 4.99 Å². The molecule has 2 aromatic heterocycles. The molecular weight excluding hydrogens is 481 g/mol. The van der Waals surface area contributed by atoms with E-state index in [9.17, 15) is 5.11 Å². The maximum absolute atomic E-state index is 10.6. The van der Waals surface area contributed by atoms with Crippen molar-refractivity contribution in [1.82, 2.24) is 20.4 Å². The lowest BCUT2D eigenvalue weighted by Gasteiger charge is -2.22. The third-order valence-corrected chi connectivity index (χ3v) is 4.31. The molecular formula is C21H28IN5O2. The first-order valence-corrected chi connectivity index (χ1v) is 9.40. The van der Waals surface area contributed by atoms with E-state index < -0.39 is 5.60 Å². The van der Waals surface area contributed by atoms with Gasteiger partial charge in [-0.15, -0.1) is 24.0 Å². The van der Waals surface area contributed by atoms with Crippen LogP contribution in [0.2, 0.25) is 0 Å². The monoisotopic (exact) mass is 509 g/mol. The topological polar surface area (TPSA) is 87.6 Å². The van der Waals surface area contributed by atoms with E-state index in [-0.39, 0.29) is 30.5 Å². The van der Waals surface area contributed by atoms with Crippen LogP contribution in [-0.4, -0.2) is 33.9 Å². The lowest BCUT2D eigenvalue weighted by molar-refractivity contribution is 0.0386. The Labute approximate surface area is 188 Å². The third kappa shape index (κ3) is 6.90. The molecule has 0 spiro atoms. The number of hydrogen-bond donors (Lipinski definition) is 3. The highest BCUT2D eigenvalue weighted by atomic mass is 127. The Kier molecular flexibility index (Phi) is 8.71. The molecule has 0 saturated heterocycles. The van der Waals surface area contributed by atoms with Crippen molar-refractivity contribution in [3.63, 3.8) is 0 Å². The van der Waals surface area contributed by atoms with Gasteiger partial charge >= 0.3 is 0 Å². The van der Waals surface area contributed by atoms with Gasteiger partial charge in [0.25, 0.3) is 0 Å². The molecule has 1 aromatic carbocycles. The number of hydrogen-bond acceptors (Lipinski definition) is 4. The number of nitrogens with one attached hydrogen (secondary N) is 2. The van der Waals surface area contributed by atoms with Crippen LogP contribution in [0, 0.1) is 0 Å². The van der Waals surface area contributed by atoms with E-state index in [0.29, 0.717) is 18.3 Å². The van der Waals surface area contributed by atoms with Gasteiger partial charge in [-0.3, -0.25) is 4.68 Å². The van der Waals surface area contributed by atoms with Gasteiger partial charge in [-0.25, -0.2) is 4.99 Å². The summed E-state index contributed by atoms with van der Waals surface area (Å²) in [5, 5.41) is 21.2. The SMILES string of the molecule is CCNC(=NCc1cccc(Cn2cccn2)c1)NCC(C)(O)c1ccco1.I. The van der Waals surface area contributed by atoms with Gasteiger partial charge in [0.1, 0.15) is 11.4 Å². The zero-order valence-electron chi connectivity index (χ0n) is 16.7. The van der Waals surface area contributed by atoms with Gasteiger partial charge in [-0.05, 0) is 43.2 Å². The zero-order chi connectivity index (χ0) is 19.8. The highest BCUT2D eigenvalue weighted by molar-refractivity contribution is 14.0. The summed E-state index contributed by atoms with van der Waals surface area (Å²) in [6.07, 6.45) is 5.28. The summed E-state index contributed by atoms with van der Waals surface area (Å²) in [7, 11) is 0. The number of aromatic nitrogens is 2. The van der Waals surface area contributed by atoms with E-state index >= 15 is 0 Å².